The molecule has 1 aromatic heterocycles. The van der Waals surface area contributed by atoms with Crippen LogP contribution in [0.5, 0.6) is 0 Å². The fraction of sp³-hybridized carbons (Fsp3) is 0.375. The van der Waals surface area contributed by atoms with Crippen molar-refractivity contribution in [2.45, 2.75) is 13.3 Å². The molecule has 3 nitrogen and oxygen atoms in total. The van der Waals surface area contributed by atoms with E-state index in [0.717, 1.165) is 12.3 Å². The Balaban J connectivity index is 2.73. The third kappa shape index (κ3) is 2.27. The van der Waals surface area contributed by atoms with Gasteiger partial charge in [-0.15, -0.1) is 0 Å². The number of rotatable bonds is 3. The molecule has 1 rings (SSSR count). The molecule has 0 atom stereocenters. The summed E-state index contributed by atoms with van der Waals surface area (Å²) >= 11 is 0. The Hall–Kier alpha value is -1.39. The highest BCUT2D eigenvalue weighted by Gasteiger charge is 2.16. The molecule has 72 valence electrons. The molecular formula is C8H8F2O3. The second-order valence-corrected chi connectivity index (χ2v) is 2.26. The summed E-state index contributed by atoms with van der Waals surface area (Å²) in [7, 11) is 0. The topological polar surface area (TPSA) is 39.4 Å². The van der Waals surface area contributed by atoms with E-state index < -0.39 is 18.2 Å². The average molecular weight is 190 g/mol. The van der Waals surface area contributed by atoms with Crippen molar-refractivity contribution in [1.82, 2.24) is 0 Å². The Morgan fingerprint density at radius 2 is 2.38 bits per heavy atom. The number of alkyl halides is 2. The SMILES string of the molecule is CCOC(=O)c1coc(C(F)F)c1. The second-order valence-electron chi connectivity index (χ2n) is 2.26. The zero-order valence-corrected chi connectivity index (χ0v) is 6.92. The molecule has 13 heavy (non-hydrogen) atoms. The Kier molecular flexibility index (Phi) is 3.00. The van der Waals surface area contributed by atoms with Crippen LogP contribution in [0.3, 0.4) is 0 Å². The van der Waals surface area contributed by atoms with E-state index in [2.05, 4.69) is 9.15 Å². The lowest BCUT2D eigenvalue weighted by atomic mass is 10.3. The Labute approximate surface area is 73.3 Å². The fourth-order valence-corrected chi connectivity index (χ4v) is 0.789. The minimum absolute atomic E-state index is 0.0112. The zero-order chi connectivity index (χ0) is 9.84. The van der Waals surface area contributed by atoms with Crippen LogP contribution in [0.1, 0.15) is 29.5 Å². The number of carbonyl (C=O) groups is 1. The Bertz CT molecular complexity index is 293. The van der Waals surface area contributed by atoms with Gasteiger partial charge < -0.3 is 9.15 Å². The van der Waals surface area contributed by atoms with E-state index in [9.17, 15) is 13.6 Å². The van der Waals surface area contributed by atoms with Crippen LogP contribution in [0.25, 0.3) is 0 Å². The van der Waals surface area contributed by atoms with Crippen LogP contribution in [0.4, 0.5) is 8.78 Å². The Morgan fingerprint density at radius 3 is 2.85 bits per heavy atom. The third-order valence-corrected chi connectivity index (χ3v) is 1.35. The van der Waals surface area contributed by atoms with E-state index in [1.54, 1.807) is 6.92 Å². The van der Waals surface area contributed by atoms with E-state index in [-0.39, 0.29) is 12.2 Å². The number of ether oxygens (including phenoxy) is 1. The molecule has 0 saturated heterocycles. The van der Waals surface area contributed by atoms with Crippen LogP contribution in [0, 0.1) is 0 Å². The first-order valence-electron chi connectivity index (χ1n) is 3.68. The molecule has 0 N–H and O–H groups in total. The number of hydrogen-bond acceptors (Lipinski definition) is 3. The average Bonchev–Trinajstić information content (AvgIpc) is 2.52. The van der Waals surface area contributed by atoms with Crippen molar-refractivity contribution in [3.8, 4) is 0 Å². The number of esters is 1. The van der Waals surface area contributed by atoms with Gasteiger partial charge >= 0.3 is 5.97 Å². The van der Waals surface area contributed by atoms with Crippen LogP contribution < -0.4 is 0 Å². The van der Waals surface area contributed by atoms with Crippen molar-refractivity contribution >= 4 is 5.97 Å². The lowest BCUT2D eigenvalue weighted by Crippen LogP contribution is -2.02. The number of furan rings is 1. The van der Waals surface area contributed by atoms with Gasteiger partial charge in [-0.25, -0.2) is 13.6 Å². The van der Waals surface area contributed by atoms with E-state index >= 15 is 0 Å². The van der Waals surface area contributed by atoms with Gasteiger partial charge in [0.05, 0.1) is 12.2 Å². The molecule has 0 radical (unpaired) electrons. The number of carbonyl (C=O) groups excluding carboxylic acids is 1. The van der Waals surface area contributed by atoms with Crippen molar-refractivity contribution in [3.63, 3.8) is 0 Å². The maximum Gasteiger partial charge on any atom is 0.341 e. The lowest BCUT2D eigenvalue weighted by Gasteiger charge is -1.95. The van der Waals surface area contributed by atoms with Gasteiger partial charge in [-0.3, -0.25) is 0 Å². The molecule has 5 heteroatoms. The molecular weight excluding hydrogens is 182 g/mol. The van der Waals surface area contributed by atoms with Gasteiger partial charge in [0, 0.05) is 6.07 Å². The fourth-order valence-electron chi connectivity index (χ4n) is 0.789. The van der Waals surface area contributed by atoms with Gasteiger partial charge in [-0.2, -0.15) is 0 Å². The monoisotopic (exact) mass is 190 g/mol. The summed E-state index contributed by atoms with van der Waals surface area (Å²) in [4.78, 5) is 11.0. The van der Waals surface area contributed by atoms with Crippen molar-refractivity contribution in [2.24, 2.45) is 0 Å². The number of halogens is 2. The van der Waals surface area contributed by atoms with Crippen molar-refractivity contribution in [2.75, 3.05) is 6.61 Å². The first kappa shape index (κ1) is 9.70. The van der Waals surface area contributed by atoms with E-state index in [1.165, 1.54) is 0 Å². The first-order valence-corrected chi connectivity index (χ1v) is 3.68. The van der Waals surface area contributed by atoms with Crippen LogP contribution in [0.2, 0.25) is 0 Å². The van der Waals surface area contributed by atoms with Crippen LogP contribution in [-0.2, 0) is 4.74 Å². The predicted molar refractivity (Wildman–Crippen MR) is 39.6 cm³/mol. The Morgan fingerprint density at radius 1 is 1.69 bits per heavy atom. The van der Waals surface area contributed by atoms with Crippen LogP contribution >= 0.6 is 0 Å². The zero-order valence-electron chi connectivity index (χ0n) is 6.92. The minimum atomic E-state index is -2.71. The van der Waals surface area contributed by atoms with Gasteiger partial charge in [0.25, 0.3) is 6.43 Å². The molecule has 1 aromatic rings. The van der Waals surface area contributed by atoms with E-state index in [4.69, 9.17) is 0 Å². The summed E-state index contributed by atoms with van der Waals surface area (Å²) in [5, 5.41) is 0. The van der Waals surface area contributed by atoms with Crippen molar-refractivity contribution in [1.29, 1.82) is 0 Å². The molecule has 0 amide bonds. The first-order chi connectivity index (χ1) is 6.15. The minimum Gasteiger partial charge on any atom is -0.462 e. The van der Waals surface area contributed by atoms with Gasteiger partial charge in [0.2, 0.25) is 0 Å². The molecule has 0 aliphatic rings. The molecule has 1 heterocycles. The highest BCUT2D eigenvalue weighted by atomic mass is 19.3. The molecule has 0 aliphatic heterocycles. The van der Waals surface area contributed by atoms with E-state index in [0.29, 0.717) is 0 Å². The normalized spacial score (nSPS) is 10.5. The molecule has 0 bridgehead atoms. The van der Waals surface area contributed by atoms with Crippen LogP contribution in [-0.4, -0.2) is 12.6 Å². The molecule has 0 aromatic carbocycles. The van der Waals surface area contributed by atoms with Crippen LogP contribution in [0.15, 0.2) is 16.7 Å². The van der Waals surface area contributed by atoms with Crippen molar-refractivity contribution in [3.05, 3.63) is 23.7 Å². The highest BCUT2D eigenvalue weighted by molar-refractivity contribution is 5.89. The standard InChI is InChI=1S/C8H8F2O3/c1-2-12-8(11)5-3-6(7(9)10)13-4-5/h3-4,7H,2H2,1H3. The maximum absolute atomic E-state index is 12.0. The quantitative estimate of drug-likeness (QED) is 0.687. The number of hydrogen-bond donors (Lipinski definition) is 0. The van der Waals surface area contributed by atoms with Crippen molar-refractivity contribution < 1.29 is 22.7 Å². The molecule has 0 saturated carbocycles. The third-order valence-electron chi connectivity index (χ3n) is 1.35. The summed E-state index contributed by atoms with van der Waals surface area (Å²) in [5.74, 6) is -1.18. The highest BCUT2D eigenvalue weighted by Crippen LogP contribution is 2.21. The summed E-state index contributed by atoms with van der Waals surface area (Å²) in [6, 6.07) is 0.975. The molecule has 0 fully saturated rings. The lowest BCUT2D eigenvalue weighted by molar-refractivity contribution is 0.0525. The van der Waals surface area contributed by atoms with Gasteiger partial charge in [-0.05, 0) is 6.92 Å². The van der Waals surface area contributed by atoms with E-state index in [1.807, 2.05) is 0 Å². The smallest absolute Gasteiger partial charge is 0.341 e. The summed E-state index contributed by atoms with van der Waals surface area (Å²) in [6.45, 7) is 1.83. The summed E-state index contributed by atoms with van der Waals surface area (Å²) in [5.41, 5.74) is 0.0112. The molecule has 0 unspecified atom stereocenters. The largest absolute Gasteiger partial charge is 0.462 e. The van der Waals surface area contributed by atoms with Gasteiger partial charge in [0.1, 0.15) is 6.26 Å². The summed E-state index contributed by atoms with van der Waals surface area (Å²) < 4.78 is 33.0. The molecule has 0 aliphatic carbocycles. The maximum atomic E-state index is 12.0. The van der Waals surface area contributed by atoms with Gasteiger partial charge in [0.15, 0.2) is 5.76 Å². The predicted octanol–water partition coefficient (Wildman–Crippen LogP) is 2.39. The second kappa shape index (κ2) is 4.02. The van der Waals surface area contributed by atoms with Gasteiger partial charge in [-0.1, -0.05) is 0 Å². The summed E-state index contributed by atoms with van der Waals surface area (Å²) in [6.07, 6.45) is -1.75. The molecule has 0 spiro atoms.